The predicted molar refractivity (Wildman–Crippen MR) is 64.4 cm³/mol. The van der Waals surface area contributed by atoms with Crippen LogP contribution in [0.25, 0.3) is 0 Å². The van der Waals surface area contributed by atoms with E-state index in [4.69, 9.17) is 5.11 Å². The summed E-state index contributed by atoms with van der Waals surface area (Å²) in [7, 11) is 0. The van der Waals surface area contributed by atoms with Crippen LogP contribution >= 0.6 is 15.9 Å². The lowest BCUT2D eigenvalue weighted by atomic mass is 10.1. The van der Waals surface area contributed by atoms with Crippen molar-refractivity contribution in [1.82, 2.24) is 0 Å². The highest BCUT2D eigenvalue weighted by Gasteiger charge is 2.06. The van der Waals surface area contributed by atoms with Crippen molar-refractivity contribution >= 4 is 27.6 Å². The van der Waals surface area contributed by atoms with Gasteiger partial charge in [-0.3, -0.25) is 4.79 Å². The Morgan fingerprint density at radius 2 is 2.31 bits per heavy atom. The van der Waals surface area contributed by atoms with Crippen LogP contribution in [0.4, 0.5) is 10.1 Å². The van der Waals surface area contributed by atoms with Crippen LogP contribution in [-0.2, 0) is 4.79 Å². The molecule has 88 valence electrons. The monoisotopic (exact) mass is 289 g/mol. The summed E-state index contributed by atoms with van der Waals surface area (Å²) in [6, 6.07) is 5.10. The van der Waals surface area contributed by atoms with E-state index in [0.717, 1.165) is 10.2 Å². The van der Waals surface area contributed by atoms with Gasteiger partial charge in [-0.15, -0.1) is 0 Å². The van der Waals surface area contributed by atoms with Crippen molar-refractivity contribution in [3.8, 4) is 0 Å². The Morgan fingerprint density at radius 1 is 1.62 bits per heavy atom. The van der Waals surface area contributed by atoms with E-state index >= 15 is 0 Å². The number of benzene rings is 1. The molecule has 0 aliphatic heterocycles. The van der Waals surface area contributed by atoms with Gasteiger partial charge < -0.3 is 10.4 Å². The molecule has 0 aromatic heterocycles. The first-order valence-corrected chi connectivity index (χ1v) is 5.69. The van der Waals surface area contributed by atoms with Crippen molar-refractivity contribution in [3.05, 3.63) is 28.2 Å². The number of hydrogen-bond donors (Lipinski definition) is 2. The van der Waals surface area contributed by atoms with Gasteiger partial charge in [-0.05, 0) is 40.5 Å². The summed E-state index contributed by atoms with van der Waals surface area (Å²) in [6.07, 6.45) is -0.961. The Labute approximate surface area is 102 Å². The van der Waals surface area contributed by atoms with Crippen molar-refractivity contribution in [2.24, 2.45) is 0 Å². The fraction of sp³-hybridized carbons (Fsp3) is 0.364. The molecule has 1 rings (SSSR count). The molecule has 3 nitrogen and oxygen atoms in total. The van der Waals surface area contributed by atoms with Gasteiger partial charge in [0.2, 0.25) is 0 Å². The lowest BCUT2D eigenvalue weighted by Gasteiger charge is -2.09. The number of carbonyl (C=O) groups is 1. The molecule has 1 aromatic rings. The summed E-state index contributed by atoms with van der Waals surface area (Å²) in [5.74, 6) is -0.849. The second-order valence-corrected chi connectivity index (χ2v) is 4.28. The van der Waals surface area contributed by atoms with E-state index < -0.39 is 12.1 Å². The molecule has 0 amide bonds. The molecule has 1 atom stereocenters. The van der Waals surface area contributed by atoms with E-state index in [9.17, 15) is 9.18 Å². The van der Waals surface area contributed by atoms with E-state index in [1.807, 2.05) is 0 Å². The summed E-state index contributed by atoms with van der Waals surface area (Å²) in [5.41, 5.74) is 1.36. The zero-order valence-electron chi connectivity index (χ0n) is 8.84. The zero-order chi connectivity index (χ0) is 12.1. The van der Waals surface area contributed by atoms with Gasteiger partial charge in [-0.1, -0.05) is 6.07 Å². The van der Waals surface area contributed by atoms with Crippen molar-refractivity contribution in [2.45, 2.75) is 19.5 Å². The van der Waals surface area contributed by atoms with Gasteiger partial charge >= 0.3 is 5.97 Å². The normalized spacial score (nSPS) is 12.2. The Bertz CT molecular complexity index is 382. The maximum Gasteiger partial charge on any atom is 0.305 e. The molecule has 5 heteroatoms. The number of nitrogens with one attached hydrogen (secondary N) is 1. The average molecular weight is 290 g/mol. The highest BCUT2D eigenvalue weighted by Crippen LogP contribution is 2.27. The molecule has 0 radical (unpaired) electrons. The number of rotatable bonds is 5. The van der Waals surface area contributed by atoms with Crippen LogP contribution in [0.3, 0.4) is 0 Å². The molecule has 0 heterocycles. The second kappa shape index (κ2) is 5.84. The van der Waals surface area contributed by atoms with Crippen LogP contribution in [0.15, 0.2) is 22.7 Å². The smallest absolute Gasteiger partial charge is 0.305 e. The fourth-order valence-corrected chi connectivity index (χ4v) is 1.76. The summed E-state index contributed by atoms with van der Waals surface area (Å²) >= 11 is 3.31. The quantitative estimate of drug-likeness (QED) is 0.874. The number of halogens is 2. The van der Waals surface area contributed by atoms with E-state index in [1.54, 1.807) is 18.2 Å². The molecule has 0 bridgehead atoms. The molecule has 0 fully saturated rings. The van der Waals surface area contributed by atoms with E-state index in [0.29, 0.717) is 12.1 Å². The topological polar surface area (TPSA) is 49.3 Å². The molecule has 2 N–H and O–H groups in total. The highest BCUT2D eigenvalue weighted by molar-refractivity contribution is 9.10. The molecule has 0 aliphatic rings. The maximum absolute atomic E-state index is 13.0. The second-order valence-electron chi connectivity index (χ2n) is 3.43. The molecule has 0 aliphatic carbocycles. The minimum Gasteiger partial charge on any atom is -0.481 e. The van der Waals surface area contributed by atoms with Crippen molar-refractivity contribution < 1.29 is 14.3 Å². The van der Waals surface area contributed by atoms with Crippen LogP contribution < -0.4 is 5.32 Å². The average Bonchev–Trinajstić information content (AvgIpc) is 2.19. The molecule has 1 aromatic carbocycles. The summed E-state index contributed by atoms with van der Waals surface area (Å²) in [6.45, 7) is 1.82. The predicted octanol–water partition coefficient (Wildman–Crippen LogP) is 3.37. The van der Waals surface area contributed by atoms with E-state index in [1.165, 1.54) is 6.92 Å². The summed E-state index contributed by atoms with van der Waals surface area (Å²) in [4.78, 5) is 10.3. The Balaban J connectivity index is 2.64. The number of anilines is 1. The number of carboxylic acid groups (broad SMARTS) is 1. The highest BCUT2D eigenvalue weighted by atomic mass is 79.9. The van der Waals surface area contributed by atoms with Crippen LogP contribution in [0.5, 0.6) is 0 Å². The Hall–Kier alpha value is -1.10. The Kier molecular flexibility index (Phi) is 4.73. The van der Waals surface area contributed by atoms with Crippen LogP contribution in [0.1, 0.15) is 25.1 Å². The minimum absolute atomic E-state index is 0.0493. The molecular weight excluding hydrogens is 277 g/mol. The fourth-order valence-electron chi connectivity index (χ4n) is 1.23. The molecule has 1 unspecified atom stereocenters. The molecule has 0 saturated heterocycles. The molecule has 16 heavy (non-hydrogen) atoms. The minimum atomic E-state index is -1.01. The van der Waals surface area contributed by atoms with Crippen LogP contribution in [0, 0.1) is 0 Å². The first kappa shape index (κ1) is 13.0. The van der Waals surface area contributed by atoms with Crippen molar-refractivity contribution in [1.29, 1.82) is 0 Å². The SMILES string of the molecule is CC(F)c1ccc(NCCC(=O)O)c(Br)c1. The largest absolute Gasteiger partial charge is 0.481 e. The molecule has 0 saturated carbocycles. The van der Waals surface area contributed by atoms with Crippen LogP contribution in [-0.4, -0.2) is 17.6 Å². The molecular formula is C11H13BrFNO2. The third kappa shape index (κ3) is 3.81. The Morgan fingerprint density at radius 3 is 2.81 bits per heavy atom. The number of alkyl halides is 1. The zero-order valence-corrected chi connectivity index (χ0v) is 10.4. The number of hydrogen-bond acceptors (Lipinski definition) is 2. The standard InChI is InChI=1S/C11H13BrFNO2/c1-7(13)8-2-3-10(9(12)6-8)14-5-4-11(15)16/h2-3,6-7,14H,4-5H2,1H3,(H,15,16). The van der Waals surface area contributed by atoms with Gasteiger partial charge in [0.05, 0.1) is 6.42 Å². The van der Waals surface area contributed by atoms with Crippen LogP contribution in [0.2, 0.25) is 0 Å². The van der Waals surface area contributed by atoms with Gasteiger partial charge in [0.15, 0.2) is 0 Å². The number of aliphatic carboxylic acids is 1. The lowest BCUT2D eigenvalue weighted by molar-refractivity contribution is -0.136. The first-order chi connectivity index (χ1) is 7.50. The van der Waals surface area contributed by atoms with Gasteiger partial charge in [0.25, 0.3) is 0 Å². The maximum atomic E-state index is 13.0. The summed E-state index contributed by atoms with van der Waals surface area (Å²) < 4.78 is 13.7. The van der Waals surface area contributed by atoms with Crippen molar-refractivity contribution in [2.75, 3.05) is 11.9 Å². The van der Waals surface area contributed by atoms with Gasteiger partial charge in [0.1, 0.15) is 6.17 Å². The first-order valence-electron chi connectivity index (χ1n) is 4.90. The lowest BCUT2D eigenvalue weighted by Crippen LogP contribution is -2.07. The van der Waals surface area contributed by atoms with Gasteiger partial charge in [-0.25, -0.2) is 4.39 Å². The third-order valence-corrected chi connectivity index (χ3v) is 2.76. The summed E-state index contributed by atoms with van der Waals surface area (Å²) in [5, 5.41) is 11.4. The molecule has 0 spiro atoms. The van der Waals surface area contributed by atoms with Crippen molar-refractivity contribution in [3.63, 3.8) is 0 Å². The van der Waals surface area contributed by atoms with E-state index in [2.05, 4.69) is 21.2 Å². The van der Waals surface area contributed by atoms with E-state index in [-0.39, 0.29) is 6.42 Å². The van der Waals surface area contributed by atoms with Gasteiger partial charge in [0, 0.05) is 16.7 Å². The van der Waals surface area contributed by atoms with Gasteiger partial charge in [-0.2, -0.15) is 0 Å². The number of carboxylic acids is 1. The third-order valence-electron chi connectivity index (χ3n) is 2.11.